The number of ether oxygens (including phenoxy) is 1. The first-order chi connectivity index (χ1) is 10.6. The van der Waals surface area contributed by atoms with Gasteiger partial charge in [-0.3, -0.25) is 9.69 Å². The Morgan fingerprint density at radius 3 is 3.05 bits per heavy atom. The number of H-pyrrole nitrogens is 1. The molecule has 116 valence electrons. The number of aromatic nitrogens is 2. The zero-order valence-corrected chi connectivity index (χ0v) is 12.6. The average molecular weight is 303 g/mol. The molecule has 6 heteroatoms. The Hall–Kier alpha value is -2.21. The maximum Gasteiger partial charge on any atom is 0.255 e. The van der Waals surface area contributed by atoms with E-state index in [-0.39, 0.29) is 11.4 Å². The molecule has 0 spiro atoms. The zero-order valence-electron chi connectivity index (χ0n) is 12.6. The summed E-state index contributed by atoms with van der Waals surface area (Å²) < 4.78 is 19.1. The van der Waals surface area contributed by atoms with Gasteiger partial charge in [-0.25, -0.2) is 9.37 Å². The highest BCUT2D eigenvalue weighted by atomic mass is 19.1. The Balaban J connectivity index is 1.82. The molecule has 1 N–H and O–H groups in total. The molecule has 0 fully saturated rings. The van der Waals surface area contributed by atoms with Crippen molar-refractivity contribution in [3.05, 3.63) is 57.0 Å². The van der Waals surface area contributed by atoms with E-state index in [2.05, 4.69) is 9.97 Å². The molecule has 0 aliphatic carbocycles. The normalized spacial score (nSPS) is 14.7. The predicted octanol–water partition coefficient (Wildman–Crippen LogP) is 1.78. The number of rotatable bonds is 3. The summed E-state index contributed by atoms with van der Waals surface area (Å²) in [5, 5.41) is 0. The van der Waals surface area contributed by atoms with E-state index in [1.54, 1.807) is 26.2 Å². The minimum absolute atomic E-state index is 0.0988. The zero-order chi connectivity index (χ0) is 15.7. The number of hydrogen-bond donors (Lipinski definition) is 1. The third-order valence-electron chi connectivity index (χ3n) is 3.91. The molecule has 0 amide bonds. The molecule has 0 radical (unpaired) electrons. The number of aromatic amines is 1. The van der Waals surface area contributed by atoms with E-state index in [0.717, 1.165) is 12.2 Å². The van der Waals surface area contributed by atoms with Gasteiger partial charge in [0.25, 0.3) is 5.56 Å². The first kappa shape index (κ1) is 14.7. The van der Waals surface area contributed by atoms with E-state index in [0.29, 0.717) is 42.2 Å². The van der Waals surface area contributed by atoms with Crippen molar-refractivity contribution in [2.75, 3.05) is 13.7 Å². The number of methoxy groups -OCH3 is 1. The quantitative estimate of drug-likeness (QED) is 0.939. The van der Waals surface area contributed by atoms with Crippen molar-refractivity contribution in [1.82, 2.24) is 14.9 Å². The predicted molar refractivity (Wildman–Crippen MR) is 80.4 cm³/mol. The summed E-state index contributed by atoms with van der Waals surface area (Å²) in [5.41, 5.74) is 2.00. The molecule has 2 heterocycles. The van der Waals surface area contributed by atoms with Gasteiger partial charge in [0, 0.05) is 31.6 Å². The van der Waals surface area contributed by atoms with Crippen LogP contribution in [0.1, 0.15) is 22.6 Å². The highest BCUT2D eigenvalue weighted by molar-refractivity contribution is 5.30. The summed E-state index contributed by atoms with van der Waals surface area (Å²) in [4.78, 5) is 21.2. The molecule has 1 aromatic heterocycles. The molecule has 0 saturated heterocycles. The molecular weight excluding hydrogens is 285 g/mol. The largest absolute Gasteiger partial charge is 0.497 e. The Bertz CT molecular complexity index is 758. The standard InChI is InChI=1S/C16H18FN3O2/c1-10-18-15-5-6-20(9-13(15)16(21)19-10)8-11-7-12(22-2)3-4-14(11)17/h3-4,7H,5-6,8-9H2,1-2H3,(H,18,19,21). The van der Waals surface area contributed by atoms with Crippen molar-refractivity contribution in [2.24, 2.45) is 0 Å². The van der Waals surface area contributed by atoms with Gasteiger partial charge in [0.1, 0.15) is 17.4 Å². The lowest BCUT2D eigenvalue weighted by Gasteiger charge is -2.27. The van der Waals surface area contributed by atoms with Crippen LogP contribution in [0.25, 0.3) is 0 Å². The molecule has 0 atom stereocenters. The van der Waals surface area contributed by atoms with Crippen molar-refractivity contribution in [3.63, 3.8) is 0 Å². The molecule has 0 unspecified atom stereocenters. The fraction of sp³-hybridized carbons (Fsp3) is 0.375. The summed E-state index contributed by atoms with van der Waals surface area (Å²) in [7, 11) is 1.56. The van der Waals surface area contributed by atoms with Crippen molar-refractivity contribution in [3.8, 4) is 5.75 Å². The maximum absolute atomic E-state index is 13.9. The van der Waals surface area contributed by atoms with Crippen LogP contribution in [0.5, 0.6) is 5.75 Å². The number of fused-ring (bicyclic) bond motifs is 1. The van der Waals surface area contributed by atoms with Crippen LogP contribution >= 0.6 is 0 Å². The van der Waals surface area contributed by atoms with Crippen LogP contribution in [0.2, 0.25) is 0 Å². The fourth-order valence-corrected chi connectivity index (χ4v) is 2.78. The number of aryl methyl sites for hydroxylation is 1. The second-order valence-electron chi connectivity index (χ2n) is 5.49. The molecule has 0 saturated carbocycles. The first-order valence-electron chi connectivity index (χ1n) is 7.20. The fourth-order valence-electron chi connectivity index (χ4n) is 2.78. The van der Waals surface area contributed by atoms with E-state index in [1.165, 1.54) is 6.07 Å². The minimum atomic E-state index is -0.262. The highest BCUT2D eigenvalue weighted by Gasteiger charge is 2.21. The molecule has 1 aliphatic heterocycles. The second-order valence-corrected chi connectivity index (χ2v) is 5.49. The van der Waals surface area contributed by atoms with Crippen LogP contribution in [0.3, 0.4) is 0 Å². The molecule has 3 rings (SSSR count). The minimum Gasteiger partial charge on any atom is -0.497 e. The highest BCUT2D eigenvalue weighted by Crippen LogP contribution is 2.21. The van der Waals surface area contributed by atoms with Crippen LogP contribution < -0.4 is 10.3 Å². The lowest BCUT2D eigenvalue weighted by molar-refractivity contribution is 0.238. The van der Waals surface area contributed by atoms with Crippen molar-refractivity contribution in [2.45, 2.75) is 26.4 Å². The van der Waals surface area contributed by atoms with E-state index in [1.807, 2.05) is 4.90 Å². The van der Waals surface area contributed by atoms with Crippen molar-refractivity contribution >= 4 is 0 Å². The first-order valence-corrected chi connectivity index (χ1v) is 7.20. The Morgan fingerprint density at radius 2 is 2.27 bits per heavy atom. The number of nitrogens with one attached hydrogen (secondary N) is 1. The van der Waals surface area contributed by atoms with Crippen molar-refractivity contribution in [1.29, 1.82) is 0 Å². The van der Waals surface area contributed by atoms with E-state index in [4.69, 9.17) is 4.74 Å². The summed E-state index contributed by atoms with van der Waals surface area (Å²) in [6.45, 7) is 3.45. The summed E-state index contributed by atoms with van der Waals surface area (Å²) in [5.74, 6) is 1.00. The van der Waals surface area contributed by atoms with Gasteiger partial charge >= 0.3 is 0 Å². The summed E-state index contributed by atoms with van der Waals surface area (Å²) in [6.07, 6.45) is 0.700. The maximum atomic E-state index is 13.9. The van der Waals surface area contributed by atoms with Gasteiger partial charge in [-0.05, 0) is 25.1 Å². The van der Waals surface area contributed by atoms with Gasteiger partial charge in [0.05, 0.1) is 18.4 Å². The summed E-state index contributed by atoms with van der Waals surface area (Å²) >= 11 is 0. The monoisotopic (exact) mass is 303 g/mol. The molecule has 1 aromatic carbocycles. The van der Waals surface area contributed by atoms with Gasteiger partial charge < -0.3 is 9.72 Å². The molecule has 0 bridgehead atoms. The SMILES string of the molecule is COc1ccc(F)c(CN2CCc3nc(C)[nH]c(=O)c3C2)c1. The number of nitrogens with zero attached hydrogens (tertiary/aromatic N) is 2. The lowest BCUT2D eigenvalue weighted by atomic mass is 10.1. The number of benzene rings is 1. The van der Waals surface area contributed by atoms with Gasteiger partial charge in [0.15, 0.2) is 0 Å². The molecule has 2 aromatic rings. The van der Waals surface area contributed by atoms with E-state index in [9.17, 15) is 9.18 Å². The van der Waals surface area contributed by atoms with E-state index >= 15 is 0 Å². The Kier molecular flexibility index (Phi) is 3.94. The Labute approximate surface area is 127 Å². The van der Waals surface area contributed by atoms with Crippen LogP contribution in [0, 0.1) is 12.7 Å². The average Bonchev–Trinajstić information content (AvgIpc) is 2.50. The lowest BCUT2D eigenvalue weighted by Crippen LogP contribution is -2.35. The van der Waals surface area contributed by atoms with Crippen LogP contribution in [0.4, 0.5) is 4.39 Å². The third kappa shape index (κ3) is 2.87. The number of hydrogen-bond acceptors (Lipinski definition) is 4. The number of halogens is 1. The molecule has 5 nitrogen and oxygen atoms in total. The van der Waals surface area contributed by atoms with Gasteiger partial charge in [-0.2, -0.15) is 0 Å². The van der Waals surface area contributed by atoms with Crippen LogP contribution in [-0.2, 0) is 19.5 Å². The van der Waals surface area contributed by atoms with E-state index < -0.39 is 0 Å². The summed E-state index contributed by atoms with van der Waals surface area (Å²) in [6, 6.07) is 4.70. The van der Waals surface area contributed by atoms with Crippen LogP contribution in [-0.4, -0.2) is 28.5 Å². The topological polar surface area (TPSA) is 58.2 Å². The Morgan fingerprint density at radius 1 is 1.45 bits per heavy atom. The molecule has 1 aliphatic rings. The van der Waals surface area contributed by atoms with Gasteiger partial charge in [0.2, 0.25) is 0 Å². The smallest absolute Gasteiger partial charge is 0.255 e. The van der Waals surface area contributed by atoms with Crippen molar-refractivity contribution < 1.29 is 9.13 Å². The molecule has 22 heavy (non-hydrogen) atoms. The third-order valence-corrected chi connectivity index (χ3v) is 3.91. The molecular formula is C16H18FN3O2. The van der Waals surface area contributed by atoms with Gasteiger partial charge in [-0.1, -0.05) is 0 Å². The van der Waals surface area contributed by atoms with Gasteiger partial charge in [-0.15, -0.1) is 0 Å². The van der Waals surface area contributed by atoms with Crippen LogP contribution in [0.15, 0.2) is 23.0 Å². The second kappa shape index (κ2) is 5.88.